The SMILES string of the molecule is CNc1ccc2c(nc(NCc3ccc(OC)cc3)n2C)c1-c1ccnc(Nc2cccc(CCS(C)(=O)=O)c2)n1.Cl. The van der Waals surface area contributed by atoms with Gasteiger partial charge in [-0.3, -0.25) is 0 Å². The molecule has 0 aliphatic carbocycles. The second-order valence-electron chi connectivity index (χ2n) is 9.77. The zero-order valence-corrected chi connectivity index (χ0v) is 25.5. The average molecular weight is 608 g/mol. The van der Waals surface area contributed by atoms with Gasteiger partial charge in [0.05, 0.1) is 29.6 Å². The van der Waals surface area contributed by atoms with Gasteiger partial charge in [-0.1, -0.05) is 24.3 Å². The van der Waals surface area contributed by atoms with Gasteiger partial charge in [0.1, 0.15) is 21.1 Å². The highest BCUT2D eigenvalue weighted by Crippen LogP contribution is 2.35. The first-order valence-corrected chi connectivity index (χ1v) is 15.2. The molecule has 0 aliphatic heterocycles. The van der Waals surface area contributed by atoms with Gasteiger partial charge in [-0.05, 0) is 60.0 Å². The number of hydrogen-bond acceptors (Lipinski definition) is 9. The van der Waals surface area contributed by atoms with Crippen LogP contribution in [0.15, 0.2) is 72.9 Å². The molecule has 0 amide bonds. The maximum Gasteiger partial charge on any atom is 0.227 e. The van der Waals surface area contributed by atoms with Crippen LogP contribution >= 0.6 is 12.4 Å². The van der Waals surface area contributed by atoms with Crippen LogP contribution in [-0.4, -0.2) is 54.1 Å². The standard InChI is InChI=1S/C30H33N7O3S.ClH/c1-31-24-12-13-26-28(36-30(37(26)2)33-19-21-8-10-23(40-3)11-9-21)27(24)25-14-16-32-29(35-25)34-22-7-5-6-20(18-22)15-17-41(4,38)39;/h5-14,16,18,31H,15,17,19H2,1-4H3,(H,33,36)(H,32,34,35);1H. The summed E-state index contributed by atoms with van der Waals surface area (Å²) in [6, 6.07) is 21.5. The molecular formula is C30H34ClN7O3S. The van der Waals surface area contributed by atoms with Crippen molar-refractivity contribution in [3.8, 4) is 17.0 Å². The summed E-state index contributed by atoms with van der Waals surface area (Å²) in [5, 5.41) is 9.99. The molecule has 5 aromatic rings. The van der Waals surface area contributed by atoms with E-state index in [9.17, 15) is 8.42 Å². The van der Waals surface area contributed by atoms with Crippen LogP contribution < -0.4 is 20.7 Å². The summed E-state index contributed by atoms with van der Waals surface area (Å²) in [5.41, 5.74) is 7.05. The van der Waals surface area contributed by atoms with Gasteiger partial charge in [0.15, 0.2) is 0 Å². The summed E-state index contributed by atoms with van der Waals surface area (Å²) < 4.78 is 30.5. The van der Waals surface area contributed by atoms with Gasteiger partial charge in [0.2, 0.25) is 11.9 Å². The van der Waals surface area contributed by atoms with E-state index in [0.717, 1.165) is 50.8 Å². The smallest absolute Gasteiger partial charge is 0.227 e. The molecule has 0 spiro atoms. The summed E-state index contributed by atoms with van der Waals surface area (Å²) in [4.78, 5) is 14.2. The van der Waals surface area contributed by atoms with E-state index in [2.05, 4.69) is 20.9 Å². The van der Waals surface area contributed by atoms with Crippen molar-refractivity contribution in [1.29, 1.82) is 0 Å². The second kappa shape index (κ2) is 13.1. The average Bonchev–Trinajstić information content (AvgIpc) is 3.29. The first-order valence-electron chi connectivity index (χ1n) is 13.1. The predicted octanol–water partition coefficient (Wildman–Crippen LogP) is 5.45. The highest BCUT2D eigenvalue weighted by molar-refractivity contribution is 7.90. The van der Waals surface area contributed by atoms with E-state index < -0.39 is 9.84 Å². The van der Waals surface area contributed by atoms with Crippen LogP contribution in [0.5, 0.6) is 5.75 Å². The fourth-order valence-corrected chi connectivity index (χ4v) is 5.21. The first kappa shape index (κ1) is 30.6. The Bertz CT molecular complexity index is 1790. The van der Waals surface area contributed by atoms with Crippen molar-refractivity contribution in [1.82, 2.24) is 19.5 Å². The quantitative estimate of drug-likeness (QED) is 0.180. The number of aromatic nitrogens is 4. The molecule has 0 saturated carbocycles. The lowest BCUT2D eigenvalue weighted by Gasteiger charge is -2.12. The minimum absolute atomic E-state index is 0. The van der Waals surface area contributed by atoms with Gasteiger partial charge in [0.25, 0.3) is 0 Å². The molecule has 0 aliphatic rings. The van der Waals surface area contributed by atoms with Crippen molar-refractivity contribution in [3.05, 3.63) is 84.1 Å². The number of imidazole rings is 1. The van der Waals surface area contributed by atoms with E-state index >= 15 is 0 Å². The van der Waals surface area contributed by atoms with E-state index in [-0.39, 0.29) is 18.2 Å². The molecular weight excluding hydrogens is 574 g/mol. The number of rotatable bonds is 11. The molecule has 3 N–H and O–H groups in total. The molecule has 10 nitrogen and oxygen atoms in total. The number of anilines is 4. The second-order valence-corrected chi connectivity index (χ2v) is 12.0. The van der Waals surface area contributed by atoms with Gasteiger partial charge < -0.3 is 25.3 Å². The van der Waals surface area contributed by atoms with Crippen molar-refractivity contribution >= 4 is 56.5 Å². The molecule has 12 heteroatoms. The Labute approximate surface area is 251 Å². The highest BCUT2D eigenvalue weighted by atomic mass is 35.5. The van der Waals surface area contributed by atoms with E-state index in [1.807, 2.05) is 85.4 Å². The minimum atomic E-state index is -3.04. The van der Waals surface area contributed by atoms with Crippen molar-refractivity contribution in [2.45, 2.75) is 13.0 Å². The molecule has 2 heterocycles. The lowest BCUT2D eigenvalue weighted by atomic mass is 10.1. The minimum Gasteiger partial charge on any atom is -0.497 e. The van der Waals surface area contributed by atoms with Crippen LogP contribution in [0.1, 0.15) is 11.1 Å². The molecule has 0 fully saturated rings. The predicted molar refractivity (Wildman–Crippen MR) is 172 cm³/mol. The van der Waals surface area contributed by atoms with E-state index in [1.54, 1.807) is 13.3 Å². The van der Waals surface area contributed by atoms with Crippen LogP contribution in [0.3, 0.4) is 0 Å². The largest absolute Gasteiger partial charge is 0.497 e. The number of ether oxygens (including phenoxy) is 1. The van der Waals surface area contributed by atoms with Crippen molar-refractivity contribution in [2.75, 3.05) is 42.1 Å². The Morgan fingerprint density at radius 3 is 2.48 bits per heavy atom. The van der Waals surface area contributed by atoms with Gasteiger partial charge in [-0.25, -0.2) is 23.4 Å². The highest BCUT2D eigenvalue weighted by Gasteiger charge is 2.18. The van der Waals surface area contributed by atoms with Crippen LogP contribution in [-0.2, 0) is 29.9 Å². The van der Waals surface area contributed by atoms with Gasteiger partial charge in [-0.2, -0.15) is 0 Å². The summed E-state index contributed by atoms with van der Waals surface area (Å²) in [6.07, 6.45) is 3.40. The molecule has 0 atom stereocenters. The molecule has 5 rings (SSSR count). The van der Waals surface area contributed by atoms with Crippen molar-refractivity contribution in [2.24, 2.45) is 7.05 Å². The Morgan fingerprint density at radius 1 is 0.976 bits per heavy atom. The Hall–Kier alpha value is -4.35. The number of hydrogen-bond donors (Lipinski definition) is 3. The number of nitrogens with zero attached hydrogens (tertiary/aromatic N) is 4. The molecule has 2 aromatic heterocycles. The van der Waals surface area contributed by atoms with Crippen LogP contribution in [0, 0.1) is 0 Å². The molecule has 220 valence electrons. The lowest BCUT2D eigenvalue weighted by molar-refractivity contribution is 0.414. The topological polar surface area (TPSA) is 123 Å². The third-order valence-corrected chi connectivity index (χ3v) is 7.73. The molecule has 0 bridgehead atoms. The third kappa shape index (κ3) is 7.10. The molecule has 3 aromatic carbocycles. The van der Waals surface area contributed by atoms with Crippen molar-refractivity contribution in [3.63, 3.8) is 0 Å². The number of nitrogens with one attached hydrogen (secondary N) is 3. The van der Waals surface area contributed by atoms with Crippen LogP contribution in [0.2, 0.25) is 0 Å². The number of benzene rings is 3. The molecule has 0 radical (unpaired) electrons. The summed E-state index contributed by atoms with van der Waals surface area (Å²) in [6.45, 7) is 0.611. The first-order chi connectivity index (χ1) is 19.7. The Morgan fingerprint density at radius 2 is 1.76 bits per heavy atom. The van der Waals surface area contributed by atoms with E-state index in [4.69, 9.17) is 14.7 Å². The summed E-state index contributed by atoms with van der Waals surface area (Å²) >= 11 is 0. The van der Waals surface area contributed by atoms with E-state index in [1.165, 1.54) is 6.26 Å². The maximum absolute atomic E-state index is 11.6. The zero-order chi connectivity index (χ0) is 29.0. The third-order valence-electron chi connectivity index (χ3n) is 6.79. The zero-order valence-electron chi connectivity index (χ0n) is 23.9. The Kier molecular flexibility index (Phi) is 9.54. The lowest BCUT2D eigenvalue weighted by Crippen LogP contribution is -2.06. The van der Waals surface area contributed by atoms with Crippen molar-refractivity contribution < 1.29 is 13.2 Å². The molecule has 0 saturated heterocycles. The van der Waals surface area contributed by atoms with Crippen LogP contribution in [0.25, 0.3) is 22.3 Å². The molecule has 42 heavy (non-hydrogen) atoms. The monoisotopic (exact) mass is 607 g/mol. The van der Waals surface area contributed by atoms with Gasteiger partial charge in [-0.15, -0.1) is 12.4 Å². The number of halogens is 1. The summed E-state index contributed by atoms with van der Waals surface area (Å²) in [5.74, 6) is 2.08. The van der Waals surface area contributed by atoms with Gasteiger partial charge in [0, 0.05) is 44.5 Å². The number of fused-ring (bicyclic) bond motifs is 1. The molecule has 0 unspecified atom stereocenters. The summed E-state index contributed by atoms with van der Waals surface area (Å²) in [7, 11) is 2.47. The maximum atomic E-state index is 11.6. The van der Waals surface area contributed by atoms with Crippen LogP contribution in [0.4, 0.5) is 23.3 Å². The van der Waals surface area contributed by atoms with E-state index in [0.29, 0.717) is 24.6 Å². The van der Waals surface area contributed by atoms with Gasteiger partial charge >= 0.3 is 0 Å². The fraction of sp³-hybridized carbons (Fsp3) is 0.233. The normalized spacial score (nSPS) is 11.1. The Balaban J connectivity index is 0.00000405. The number of sulfone groups is 1. The number of methoxy groups -OCH3 is 1. The fourth-order valence-electron chi connectivity index (χ4n) is 4.60. The number of aryl methyl sites for hydroxylation is 2.